The highest BCUT2D eigenvalue weighted by atomic mass is 32.1. The Morgan fingerprint density at radius 2 is 1.10 bits per heavy atom. The first-order chi connectivity index (χ1) is 29.1. The van der Waals surface area contributed by atoms with Crippen LogP contribution in [0.15, 0.2) is 195 Å². The molecule has 2 heterocycles. The number of hydrogen-bond acceptors (Lipinski definition) is 1. The maximum Gasteiger partial charge on any atom is 0.0625 e. The Balaban J connectivity index is 0.968. The largest absolute Gasteiger partial charge is 0.309 e. The number of aryl methyl sites for hydroxylation is 1. The third kappa shape index (κ3) is 5.30. The fourth-order valence-corrected chi connectivity index (χ4v) is 10.6. The molecule has 0 aliphatic rings. The van der Waals surface area contributed by atoms with E-state index in [1.54, 1.807) is 0 Å². The molecule has 0 fully saturated rings. The predicted molar refractivity (Wildman–Crippen MR) is 258 cm³/mol. The van der Waals surface area contributed by atoms with Crippen LogP contribution in [0, 0.1) is 6.92 Å². The summed E-state index contributed by atoms with van der Waals surface area (Å²) in [4.78, 5) is 1.26. The second-order valence-corrected chi connectivity index (χ2v) is 16.9. The van der Waals surface area contributed by atoms with Crippen molar-refractivity contribution in [3.05, 3.63) is 211 Å². The smallest absolute Gasteiger partial charge is 0.0625 e. The fraction of sp³-hybridized carbons (Fsp3) is 0.0175. The molecule has 2 aromatic heterocycles. The minimum absolute atomic E-state index is 1.01. The lowest BCUT2D eigenvalue weighted by molar-refractivity contribution is 1.19. The molecule has 0 atom stereocenters. The highest BCUT2D eigenvalue weighted by Crippen LogP contribution is 2.44. The number of hydrogen-bond donors (Lipinski definition) is 0. The van der Waals surface area contributed by atoms with Gasteiger partial charge < -0.3 is 4.57 Å². The number of aromatic nitrogens is 1. The topological polar surface area (TPSA) is 4.93 Å². The number of para-hydroxylation sites is 2. The van der Waals surface area contributed by atoms with Crippen LogP contribution < -0.4 is 0 Å². The van der Waals surface area contributed by atoms with E-state index in [1.807, 2.05) is 11.3 Å². The summed E-state index contributed by atoms with van der Waals surface area (Å²) in [5, 5.41) is 16.5. The Hall–Kier alpha value is -7.26. The van der Waals surface area contributed by atoms with Crippen molar-refractivity contribution in [2.75, 3.05) is 0 Å². The van der Waals surface area contributed by atoms with Gasteiger partial charge in [-0.2, -0.15) is 0 Å². The van der Waals surface area contributed by atoms with Gasteiger partial charge in [-0.05, 0) is 149 Å². The maximum absolute atomic E-state index is 4.48. The van der Waals surface area contributed by atoms with Crippen LogP contribution in [0.3, 0.4) is 0 Å². The zero-order valence-electron chi connectivity index (χ0n) is 32.5. The summed E-state index contributed by atoms with van der Waals surface area (Å²) in [6.45, 7) is 6.73. The lowest BCUT2D eigenvalue weighted by Gasteiger charge is -2.15. The van der Waals surface area contributed by atoms with Gasteiger partial charge in [0, 0.05) is 31.4 Å². The zero-order valence-corrected chi connectivity index (χ0v) is 33.4. The van der Waals surface area contributed by atoms with Crippen molar-refractivity contribution >= 4 is 109 Å². The Bertz CT molecular complexity index is 3750. The number of thiophene rings is 1. The van der Waals surface area contributed by atoms with Crippen LogP contribution in [0.1, 0.15) is 16.0 Å². The number of nitrogens with zero attached hydrogens (tertiary/aromatic N) is 1. The molecule has 0 N–H and O–H groups in total. The molecule has 12 rings (SSSR count). The second kappa shape index (κ2) is 13.1. The normalized spacial score (nSPS) is 12.2. The van der Waals surface area contributed by atoms with E-state index in [0.717, 1.165) is 11.1 Å². The van der Waals surface area contributed by atoms with Gasteiger partial charge in [0.1, 0.15) is 0 Å². The highest BCUT2D eigenvalue weighted by Gasteiger charge is 2.19. The van der Waals surface area contributed by atoms with Gasteiger partial charge in [-0.1, -0.05) is 140 Å². The molecule has 12 aromatic rings. The second-order valence-electron chi connectivity index (χ2n) is 15.8. The fourth-order valence-electron chi connectivity index (χ4n) is 9.51. The van der Waals surface area contributed by atoms with E-state index in [4.69, 9.17) is 0 Å². The number of benzene rings is 10. The van der Waals surface area contributed by atoms with Crippen LogP contribution in [0.4, 0.5) is 0 Å². The molecule has 0 saturated carbocycles. The van der Waals surface area contributed by atoms with Gasteiger partial charge in [0.2, 0.25) is 0 Å². The predicted octanol–water partition coefficient (Wildman–Crippen LogP) is 16.5. The van der Waals surface area contributed by atoms with E-state index in [1.165, 1.54) is 113 Å². The first-order valence-electron chi connectivity index (χ1n) is 20.3. The van der Waals surface area contributed by atoms with E-state index in [-0.39, 0.29) is 0 Å². The summed E-state index contributed by atoms with van der Waals surface area (Å²) >= 11 is 1.85. The molecule has 0 unspecified atom stereocenters. The van der Waals surface area contributed by atoms with E-state index in [9.17, 15) is 0 Å². The summed E-state index contributed by atoms with van der Waals surface area (Å²) in [5.41, 5.74) is 9.55. The van der Waals surface area contributed by atoms with Gasteiger partial charge in [-0.3, -0.25) is 0 Å². The minimum atomic E-state index is 1.01. The first-order valence-corrected chi connectivity index (χ1v) is 21.1. The highest BCUT2D eigenvalue weighted by molar-refractivity contribution is 7.20. The third-order valence-electron chi connectivity index (χ3n) is 12.5. The van der Waals surface area contributed by atoms with Gasteiger partial charge in [0.05, 0.1) is 11.0 Å². The Kier molecular flexibility index (Phi) is 7.54. The van der Waals surface area contributed by atoms with E-state index in [0.29, 0.717) is 0 Å². The monoisotopic (exact) mass is 767 g/mol. The molecule has 0 aliphatic carbocycles. The Morgan fingerprint density at radius 3 is 1.92 bits per heavy atom. The average Bonchev–Trinajstić information content (AvgIpc) is 3.80. The van der Waals surface area contributed by atoms with E-state index >= 15 is 0 Å². The molecule has 10 aromatic carbocycles. The molecule has 2 heteroatoms. The molecule has 0 saturated heterocycles. The van der Waals surface area contributed by atoms with Crippen molar-refractivity contribution in [3.8, 4) is 16.8 Å². The van der Waals surface area contributed by atoms with Crippen LogP contribution in [-0.2, 0) is 0 Å². The molecule has 0 aliphatic heterocycles. The molecule has 1 nitrogen and oxygen atoms in total. The van der Waals surface area contributed by atoms with Crippen molar-refractivity contribution in [1.29, 1.82) is 0 Å². The summed E-state index contributed by atoms with van der Waals surface area (Å²) in [5.74, 6) is 0. The third-order valence-corrected chi connectivity index (χ3v) is 13.7. The standard InChI is InChI=1S/C57H37NS/c1-35(37-21-22-40-31-38-12-6-7-13-39(38)32-43(40)30-37)20-28-54-36(2)51-33-42(24-29-55(51)59-54)41-23-25-49-52(34-41)46-17-9-8-16-45(46)48-26-27-50-47-18-10-11-19-53(47)58(57(50)56(48)49)44-14-4-3-5-15-44/h3-34H,1H2,2H3/b28-20-. The van der Waals surface area contributed by atoms with Gasteiger partial charge in [-0.25, -0.2) is 0 Å². The Morgan fingerprint density at radius 1 is 0.492 bits per heavy atom. The van der Waals surface area contributed by atoms with Crippen molar-refractivity contribution in [1.82, 2.24) is 4.57 Å². The summed E-state index contributed by atoms with van der Waals surface area (Å²) < 4.78 is 3.76. The number of fused-ring (bicyclic) bond motifs is 13. The quantitative estimate of drug-likeness (QED) is 0.0934. The minimum Gasteiger partial charge on any atom is -0.309 e. The SMILES string of the molecule is C=C(/C=C\c1sc2ccc(-c3ccc4c(c3)c3ccccc3c3ccc5c6ccccc6n(-c6ccccc6)c5c34)cc2c1C)c1ccc2cc3ccccc3cc2c1. The van der Waals surface area contributed by atoms with Crippen LogP contribution in [0.5, 0.6) is 0 Å². The average molecular weight is 768 g/mol. The maximum atomic E-state index is 4.48. The Labute approximate surface area is 346 Å². The number of allylic oxidation sites excluding steroid dienone is 2. The van der Waals surface area contributed by atoms with Crippen molar-refractivity contribution < 1.29 is 0 Å². The van der Waals surface area contributed by atoms with Crippen molar-refractivity contribution in [2.45, 2.75) is 6.92 Å². The summed E-state index contributed by atoms with van der Waals surface area (Å²) in [6, 6.07) is 67.1. The van der Waals surface area contributed by atoms with Crippen molar-refractivity contribution in [3.63, 3.8) is 0 Å². The molecular weight excluding hydrogens is 731 g/mol. The van der Waals surface area contributed by atoms with Crippen LogP contribution in [-0.4, -0.2) is 4.57 Å². The van der Waals surface area contributed by atoms with Gasteiger partial charge in [-0.15, -0.1) is 11.3 Å². The number of rotatable bonds is 5. The first kappa shape index (κ1) is 33.8. The van der Waals surface area contributed by atoms with Crippen molar-refractivity contribution in [2.24, 2.45) is 0 Å². The van der Waals surface area contributed by atoms with Crippen LogP contribution >= 0.6 is 11.3 Å². The van der Waals surface area contributed by atoms with E-state index in [2.05, 4.69) is 212 Å². The summed E-state index contributed by atoms with van der Waals surface area (Å²) in [6.07, 6.45) is 4.42. The molecule has 0 spiro atoms. The molecule has 0 radical (unpaired) electrons. The molecule has 0 bridgehead atoms. The van der Waals surface area contributed by atoms with Crippen LogP contribution in [0.2, 0.25) is 0 Å². The molecule has 59 heavy (non-hydrogen) atoms. The van der Waals surface area contributed by atoms with Gasteiger partial charge in [0.25, 0.3) is 0 Å². The zero-order chi connectivity index (χ0) is 39.2. The lowest BCUT2D eigenvalue weighted by Crippen LogP contribution is -1.95. The molecule has 0 amide bonds. The lowest BCUT2D eigenvalue weighted by atomic mass is 9.90. The van der Waals surface area contributed by atoms with Gasteiger partial charge in [0.15, 0.2) is 0 Å². The van der Waals surface area contributed by atoms with E-state index < -0.39 is 0 Å². The van der Waals surface area contributed by atoms with Gasteiger partial charge >= 0.3 is 0 Å². The molecule has 276 valence electrons. The molecular formula is C57H37NS. The van der Waals surface area contributed by atoms with Crippen LogP contribution in [0.25, 0.3) is 114 Å². The summed E-state index contributed by atoms with van der Waals surface area (Å²) in [7, 11) is 0.